The minimum absolute atomic E-state index is 0.220. The van der Waals surface area contributed by atoms with E-state index in [-0.39, 0.29) is 5.91 Å². The molecular weight excluding hydrogens is 318 g/mol. The summed E-state index contributed by atoms with van der Waals surface area (Å²) in [6.45, 7) is 0. The van der Waals surface area contributed by atoms with Crippen LogP contribution in [0.25, 0.3) is 6.08 Å². The largest absolute Gasteiger partial charge is 0.377 e. The van der Waals surface area contributed by atoms with Crippen molar-refractivity contribution < 1.29 is 4.79 Å². The molecule has 122 valence electrons. The molecule has 5 heteroatoms. The minimum atomic E-state index is -0.220. The molecule has 0 bridgehead atoms. The monoisotopic (exact) mass is 337 g/mol. The molecule has 24 heavy (non-hydrogen) atoms. The molecule has 4 nitrogen and oxygen atoms in total. The average Bonchev–Trinajstić information content (AvgIpc) is 2.94. The van der Waals surface area contributed by atoms with Gasteiger partial charge in [0, 0.05) is 25.5 Å². The zero-order valence-corrected chi connectivity index (χ0v) is 14.5. The molecule has 0 radical (unpaired) electrons. The maximum atomic E-state index is 12.0. The number of nitrogens with one attached hydrogen (secondary N) is 1. The number of carbonyl (C=O) groups excluding carboxylic acids is 1. The second-order valence-corrected chi connectivity index (χ2v) is 6.59. The number of benzene rings is 2. The SMILES string of the molecule is CN(C)c1ccccc1CSC1=NC(=O)/C(=C\c2ccccc2)N1. The van der Waals surface area contributed by atoms with Crippen molar-refractivity contribution >= 4 is 34.6 Å². The molecule has 1 N–H and O–H groups in total. The van der Waals surface area contributed by atoms with Crippen molar-refractivity contribution in [3.63, 3.8) is 0 Å². The highest BCUT2D eigenvalue weighted by Crippen LogP contribution is 2.25. The Bertz CT molecular complexity index is 797. The fourth-order valence-corrected chi connectivity index (χ4v) is 3.31. The molecular formula is C19H19N3OS. The number of hydrogen-bond donors (Lipinski definition) is 1. The van der Waals surface area contributed by atoms with E-state index in [1.165, 1.54) is 23.0 Å². The van der Waals surface area contributed by atoms with Gasteiger partial charge in [-0.15, -0.1) is 0 Å². The summed E-state index contributed by atoms with van der Waals surface area (Å²) in [6.07, 6.45) is 1.83. The Morgan fingerprint density at radius 3 is 2.54 bits per heavy atom. The Labute approximate surface area is 146 Å². The first kappa shape index (κ1) is 16.3. The lowest BCUT2D eigenvalue weighted by Gasteiger charge is -2.16. The van der Waals surface area contributed by atoms with E-state index >= 15 is 0 Å². The predicted octanol–water partition coefficient (Wildman–Crippen LogP) is 3.51. The topological polar surface area (TPSA) is 44.7 Å². The molecule has 2 aromatic rings. The maximum absolute atomic E-state index is 12.0. The summed E-state index contributed by atoms with van der Waals surface area (Å²) in [5, 5.41) is 3.77. The van der Waals surface area contributed by atoms with Crippen LogP contribution in [0.2, 0.25) is 0 Å². The molecule has 1 heterocycles. The first-order valence-corrected chi connectivity index (χ1v) is 8.67. The molecule has 0 aliphatic carbocycles. The molecule has 0 unspecified atom stereocenters. The summed E-state index contributed by atoms with van der Waals surface area (Å²) >= 11 is 1.54. The van der Waals surface area contributed by atoms with E-state index in [0.717, 1.165) is 11.3 Å². The Hall–Kier alpha value is -2.53. The molecule has 0 fully saturated rings. The number of para-hydroxylation sites is 1. The molecule has 3 rings (SSSR count). The van der Waals surface area contributed by atoms with Gasteiger partial charge in [0.1, 0.15) is 5.70 Å². The predicted molar refractivity (Wildman–Crippen MR) is 102 cm³/mol. The van der Waals surface area contributed by atoms with Gasteiger partial charge in [-0.1, -0.05) is 60.3 Å². The fourth-order valence-electron chi connectivity index (χ4n) is 2.45. The fraction of sp³-hybridized carbons (Fsp3) is 0.158. The van der Waals surface area contributed by atoms with Gasteiger partial charge in [-0.25, -0.2) is 0 Å². The van der Waals surface area contributed by atoms with Crippen molar-refractivity contribution in [2.24, 2.45) is 4.99 Å². The van der Waals surface area contributed by atoms with Crippen LogP contribution in [0.1, 0.15) is 11.1 Å². The van der Waals surface area contributed by atoms with Crippen LogP contribution in [0.15, 0.2) is 65.3 Å². The second-order valence-electron chi connectivity index (χ2n) is 5.63. The molecule has 1 aliphatic heterocycles. The molecule has 0 saturated carbocycles. The van der Waals surface area contributed by atoms with Crippen molar-refractivity contribution in [3.8, 4) is 0 Å². The number of amidine groups is 1. The third kappa shape index (κ3) is 3.86. The zero-order chi connectivity index (χ0) is 16.9. The Kier molecular flexibility index (Phi) is 5.01. The van der Waals surface area contributed by atoms with Crippen LogP contribution in [0.5, 0.6) is 0 Å². The van der Waals surface area contributed by atoms with Crippen molar-refractivity contribution in [2.45, 2.75) is 5.75 Å². The Balaban J connectivity index is 1.67. The van der Waals surface area contributed by atoms with Gasteiger partial charge in [0.15, 0.2) is 5.17 Å². The van der Waals surface area contributed by atoms with Crippen LogP contribution in [0, 0.1) is 0 Å². The lowest BCUT2D eigenvalue weighted by atomic mass is 10.2. The van der Waals surface area contributed by atoms with E-state index in [1.54, 1.807) is 0 Å². The normalized spacial score (nSPS) is 15.3. The zero-order valence-electron chi connectivity index (χ0n) is 13.7. The number of amides is 1. The number of nitrogens with zero attached hydrogens (tertiary/aromatic N) is 2. The lowest BCUT2D eigenvalue weighted by molar-refractivity contribution is -0.114. The van der Waals surface area contributed by atoms with Crippen LogP contribution >= 0.6 is 11.8 Å². The van der Waals surface area contributed by atoms with Gasteiger partial charge in [-0.05, 0) is 23.3 Å². The first-order chi connectivity index (χ1) is 11.6. The smallest absolute Gasteiger partial charge is 0.295 e. The van der Waals surface area contributed by atoms with E-state index in [9.17, 15) is 4.79 Å². The standard InChI is InChI=1S/C19H19N3OS/c1-22(2)17-11-7-6-10-15(17)13-24-19-20-16(18(23)21-19)12-14-8-4-3-5-9-14/h3-12H,13H2,1-2H3,(H,20,21,23)/b16-12+. The first-order valence-electron chi connectivity index (χ1n) is 7.68. The minimum Gasteiger partial charge on any atom is -0.377 e. The van der Waals surface area contributed by atoms with E-state index in [1.807, 2.05) is 62.6 Å². The summed E-state index contributed by atoms with van der Waals surface area (Å²) in [4.78, 5) is 18.2. The summed E-state index contributed by atoms with van der Waals surface area (Å²) in [5.74, 6) is 0.536. The van der Waals surface area contributed by atoms with Crippen molar-refractivity contribution in [2.75, 3.05) is 19.0 Å². The number of aliphatic imine (C=N–C) groups is 1. The van der Waals surface area contributed by atoms with Crippen molar-refractivity contribution in [1.82, 2.24) is 5.32 Å². The summed E-state index contributed by atoms with van der Waals surface area (Å²) in [7, 11) is 4.05. The number of rotatable bonds is 4. The van der Waals surface area contributed by atoms with E-state index in [0.29, 0.717) is 10.9 Å². The number of thioether (sulfide) groups is 1. The molecule has 0 atom stereocenters. The third-order valence-corrected chi connectivity index (χ3v) is 4.55. The van der Waals surface area contributed by atoms with Gasteiger partial charge in [0.25, 0.3) is 5.91 Å². The second kappa shape index (κ2) is 7.36. The van der Waals surface area contributed by atoms with E-state index in [2.05, 4.69) is 27.3 Å². The van der Waals surface area contributed by atoms with E-state index < -0.39 is 0 Å². The van der Waals surface area contributed by atoms with Crippen LogP contribution in [-0.4, -0.2) is 25.2 Å². The molecule has 0 aromatic heterocycles. The van der Waals surface area contributed by atoms with Crippen LogP contribution < -0.4 is 10.2 Å². The Morgan fingerprint density at radius 2 is 1.79 bits per heavy atom. The van der Waals surface area contributed by atoms with Gasteiger partial charge in [0.05, 0.1) is 0 Å². The van der Waals surface area contributed by atoms with Gasteiger partial charge in [-0.2, -0.15) is 4.99 Å². The van der Waals surface area contributed by atoms with Gasteiger partial charge < -0.3 is 10.2 Å². The van der Waals surface area contributed by atoms with Gasteiger partial charge >= 0.3 is 0 Å². The average molecular weight is 337 g/mol. The highest BCUT2D eigenvalue weighted by Gasteiger charge is 2.20. The number of anilines is 1. The quantitative estimate of drug-likeness (QED) is 0.867. The molecule has 0 spiro atoms. The maximum Gasteiger partial charge on any atom is 0.295 e. The Morgan fingerprint density at radius 1 is 1.08 bits per heavy atom. The van der Waals surface area contributed by atoms with Crippen LogP contribution in [0.4, 0.5) is 5.69 Å². The molecule has 2 aromatic carbocycles. The third-order valence-electron chi connectivity index (χ3n) is 3.62. The number of hydrogen-bond acceptors (Lipinski definition) is 4. The summed E-state index contributed by atoms with van der Waals surface area (Å²) in [6, 6.07) is 18.0. The lowest BCUT2D eigenvalue weighted by Crippen LogP contribution is -2.15. The summed E-state index contributed by atoms with van der Waals surface area (Å²) in [5.41, 5.74) is 3.89. The van der Waals surface area contributed by atoms with Gasteiger partial charge in [0.2, 0.25) is 0 Å². The van der Waals surface area contributed by atoms with Crippen molar-refractivity contribution in [3.05, 3.63) is 71.4 Å². The van der Waals surface area contributed by atoms with Crippen LogP contribution in [0.3, 0.4) is 0 Å². The van der Waals surface area contributed by atoms with Crippen molar-refractivity contribution in [1.29, 1.82) is 0 Å². The van der Waals surface area contributed by atoms with Crippen LogP contribution in [-0.2, 0) is 10.5 Å². The molecule has 1 amide bonds. The highest BCUT2D eigenvalue weighted by atomic mass is 32.2. The highest BCUT2D eigenvalue weighted by molar-refractivity contribution is 8.13. The molecule has 0 saturated heterocycles. The van der Waals surface area contributed by atoms with Gasteiger partial charge in [-0.3, -0.25) is 4.79 Å². The summed E-state index contributed by atoms with van der Waals surface area (Å²) < 4.78 is 0. The molecule has 1 aliphatic rings. The van der Waals surface area contributed by atoms with E-state index in [4.69, 9.17) is 0 Å². The number of carbonyl (C=O) groups is 1.